The van der Waals surface area contributed by atoms with Gasteiger partial charge in [-0.15, -0.1) is 0 Å². The molecule has 0 atom stereocenters. The zero-order valence-corrected chi connectivity index (χ0v) is 33.4. The van der Waals surface area contributed by atoms with Crippen LogP contribution in [-0.4, -0.2) is 107 Å². The third kappa shape index (κ3) is 9.42. The fourth-order valence-corrected chi connectivity index (χ4v) is 8.02. The lowest BCUT2D eigenvalue weighted by atomic mass is 9.99. The molecule has 5 aromatic carbocycles. The van der Waals surface area contributed by atoms with Gasteiger partial charge < -0.3 is 25.2 Å². The molecule has 5 aromatic rings. The van der Waals surface area contributed by atoms with Crippen molar-refractivity contribution >= 4 is 77.1 Å². The summed E-state index contributed by atoms with van der Waals surface area (Å²) in [5, 5.41) is 6.36. The van der Waals surface area contributed by atoms with E-state index in [1.807, 2.05) is 54.6 Å². The summed E-state index contributed by atoms with van der Waals surface area (Å²) in [6.45, 7) is 4.09. The maximum Gasteiger partial charge on any atom is 0.337 e. The normalized spacial score (nSPS) is 15.4. The van der Waals surface area contributed by atoms with Crippen molar-refractivity contribution in [3.05, 3.63) is 126 Å². The molecule has 2 amide bonds. The molecule has 302 valence electrons. The number of ether oxygens (including phenoxy) is 1. The first-order valence-corrected chi connectivity index (χ1v) is 20.8. The Morgan fingerprint density at radius 2 is 1.36 bits per heavy atom. The Morgan fingerprint density at radius 1 is 0.776 bits per heavy atom. The summed E-state index contributed by atoms with van der Waals surface area (Å²) in [6.07, 6.45) is 0. The van der Waals surface area contributed by atoms with Crippen LogP contribution in [0.4, 0.5) is 17.1 Å². The minimum Gasteiger partial charge on any atom is -0.465 e. The highest BCUT2D eigenvalue weighted by Crippen LogP contribution is 2.38. The predicted octanol–water partition coefficient (Wildman–Crippen LogP) is 4.95. The van der Waals surface area contributed by atoms with Gasteiger partial charge in [-0.05, 0) is 61.1 Å². The molecule has 2 heterocycles. The number of methoxy groups -OCH3 is 1. The highest BCUT2D eigenvalue weighted by atomic mass is 32.2. The molecule has 7 rings (SSSR count). The molecule has 58 heavy (non-hydrogen) atoms. The summed E-state index contributed by atoms with van der Waals surface area (Å²) in [6, 6.07) is 29.7. The Labute approximate surface area is 336 Å². The van der Waals surface area contributed by atoms with Crippen molar-refractivity contribution in [3.63, 3.8) is 0 Å². The first-order valence-electron chi connectivity index (χ1n) is 17.9. The third-order valence-corrected chi connectivity index (χ3v) is 11.6. The van der Waals surface area contributed by atoms with Gasteiger partial charge in [0.05, 0.1) is 36.2 Å². The molecule has 4 N–H and O–H groups in total. The van der Waals surface area contributed by atoms with Crippen molar-refractivity contribution in [2.45, 2.75) is 9.79 Å². The van der Waals surface area contributed by atoms with E-state index in [9.17, 15) is 31.2 Å². The number of anilines is 3. The zero-order chi connectivity index (χ0) is 41.8. The highest BCUT2D eigenvalue weighted by molar-refractivity contribution is 7.86. The second-order valence-electron chi connectivity index (χ2n) is 13.6. The molecule has 1 saturated heterocycles. The highest BCUT2D eigenvalue weighted by Gasteiger charge is 2.30. The fourth-order valence-electron chi connectivity index (χ4n) is 6.61. The van der Waals surface area contributed by atoms with Crippen LogP contribution in [0.1, 0.15) is 21.5 Å². The molecule has 0 aromatic heterocycles. The van der Waals surface area contributed by atoms with Gasteiger partial charge in [-0.2, -0.15) is 16.8 Å². The standard InChI is InChI=1S/C31H33N5O4.C10H8O6S2/c1-34-15-17-36(18-16-34)20-27(37)35(2)24-12-10-23(11-13-24)32-29(21-7-5-4-6-8-21)28-25-14-9-22(31(39)40-3)19-26(25)33-30(28)38;11-17(12,13)9-5-1-3-7-8(9)4-2-6-10(7)18(14,15)16/h4-14,19,32H,15-18,20H2,1-3H3,(H,33,38);1-6H,(H,11,12,13)(H,14,15,16)/b29-28-;. The Bertz CT molecular complexity index is 2560. The van der Waals surface area contributed by atoms with Crippen LogP contribution in [0.25, 0.3) is 22.0 Å². The van der Waals surface area contributed by atoms with E-state index in [0.29, 0.717) is 34.6 Å². The number of nitrogens with zero attached hydrogens (tertiary/aromatic N) is 3. The van der Waals surface area contributed by atoms with Gasteiger partial charge in [-0.3, -0.25) is 23.6 Å². The topological polar surface area (TPSA) is 203 Å². The van der Waals surface area contributed by atoms with Crippen molar-refractivity contribution in [1.82, 2.24) is 9.80 Å². The van der Waals surface area contributed by atoms with E-state index in [0.717, 1.165) is 55.2 Å². The van der Waals surface area contributed by atoms with E-state index >= 15 is 0 Å². The summed E-state index contributed by atoms with van der Waals surface area (Å²) in [4.78, 5) is 43.5. The van der Waals surface area contributed by atoms with Crippen molar-refractivity contribution < 1.29 is 45.1 Å². The number of esters is 1. The van der Waals surface area contributed by atoms with Gasteiger partial charge >= 0.3 is 5.97 Å². The van der Waals surface area contributed by atoms with Crippen LogP contribution >= 0.6 is 0 Å². The number of hydrogen-bond donors (Lipinski definition) is 4. The summed E-state index contributed by atoms with van der Waals surface area (Å²) in [5.41, 5.74) is 5.10. The number of fused-ring (bicyclic) bond motifs is 2. The van der Waals surface area contributed by atoms with Crippen LogP contribution in [0.3, 0.4) is 0 Å². The number of piperazine rings is 1. The van der Waals surface area contributed by atoms with E-state index in [-0.39, 0.29) is 22.6 Å². The summed E-state index contributed by atoms with van der Waals surface area (Å²) < 4.78 is 67.5. The van der Waals surface area contributed by atoms with Crippen LogP contribution in [0.2, 0.25) is 0 Å². The second-order valence-corrected chi connectivity index (χ2v) is 16.4. The van der Waals surface area contributed by atoms with Crippen LogP contribution in [0, 0.1) is 0 Å². The smallest absolute Gasteiger partial charge is 0.337 e. The predicted molar refractivity (Wildman–Crippen MR) is 221 cm³/mol. The molecule has 0 spiro atoms. The number of carbonyl (C=O) groups excluding carboxylic acids is 3. The quantitative estimate of drug-likeness (QED) is 0.0884. The van der Waals surface area contributed by atoms with Gasteiger partial charge in [0.2, 0.25) is 5.91 Å². The van der Waals surface area contributed by atoms with E-state index in [1.165, 1.54) is 31.4 Å². The molecule has 0 unspecified atom stereocenters. The lowest BCUT2D eigenvalue weighted by Crippen LogP contribution is -2.48. The molecule has 0 radical (unpaired) electrons. The molecular weight excluding hydrogens is 787 g/mol. The van der Waals surface area contributed by atoms with Crippen LogP contribution in [0.15, 0.2) is 119 Å². The molecule has 0 aliphatic carbocycles. The molecule has 17 heteroatoms. The monoisotopic (exact) mass is 827 g/mol. The van der Waals surface area contributed by atoms with Crippen molar-refractivity contribution in [2.75, 3.05) is 69.5 Å². The lowest BCUT2D eigenvalue weighted by Gasteiger charge is -2.32. The number of hydrogen-bond acceptors (Lipinski definition) is 11. The van der Waals surface area contributed by atoms with Gasteiger partial charge in [0.25, 0.3) is 26.1 Å². The summed E-state index contributed by atoms with van der Waals surface area (Å²) >= 11 is 0. The summed E-state index contributed by atoms with van der Waals surface area (Å²) in [7, 11) is -3.73. The molecule has 15 nitrogen and oxygen atoms in total. The van der Waals surface area contributed by atoms with Gasteiger partial charge in [0, 0.05) is 60.9 Å². The first-order chi connectivity index (χ1) is 27.5. The number of benzene rings is 5. The van der Waals surface area contributed by atoms with Crippen molar-refractivity contribution in [2.24, 2.45) is 0 Å². The largest absolute Gasteiger partial charge is 0.465 e. The van der Waals surface area contributed by atoms with Gasteiger partial charge in [-0.25, -0.2) is 4.79 Å². The molecule has 2 aliphatic rings. The average molecular weight is 828 g/mol. The molecule has 2 aliphatic heterocycles. The molecule has 1 fully saturated rings. The number of likely N-dealkylation sites (N-methyl/N-ethyl adjacent to an activating group) is 2. The second kappa shape index (κ2) is 17.3. The molecule has 0 bridgehead atoms. The first kappa shape index (κ1) is 41.7. The Kier molecular flexibility index (Phi) is 12.4. The Hall–Kier alpha value is -5.95. The van der Waals surface area contributed by atoms with E-state index in [2.05, 4.69) is 27.5 Å². The summed E-state index contributed by atoms with van der Waals surface area (Å²) in [5.74, 6) is -0.694. The minimum absolute atomic E-state index is 0.0233. The van der Waals surface area contributed by atoms with Crippen molar-refractivity contribution in [1.29, 1.82) is 0 Å². The number of carbonyl (C=O) groups is 3. The maximum absolute atomic E-state index is 13.2. The lowest BCUT2D eigenvalue weighted by molar-refractivity contribution is -0.119. The SMILES string of the molecule is COC(=O)c1ccc2c(c1)NC(=O)/C2=C(\Nc1ccc(N(C)C(=O)CN2CCN(C)CC2)cc1)c1ccccc1.O=S(=O)(O)c1cccc2c(S(=O)(=O)O)cccc12. The van der Waals surface area contributed by atoms with Crippen LogP contribution in [-0.2, 0) is 34.6 Å². The number of amides is 2. The molecule has 0 saturated carbocycles. The number of rotatable bonds is 9. The third-order valence-electron chi connectivity index (χ3n) is 9.75. The van der Waals surface area contributed by atoms with Gasteiger partial charge in [-0.1, -0.05) is 60.7 Å². The Balaban J connectivity index is 0.000000263. The number of nitrogens with one attached hydrogen (secondary N) is 2. The van der Waals surface area contributed by atoms with Gasteiger partial charge in [0.1, 0.15) is 9.79 Å². The maximum atomic E-state index is 13.2. The fraction of sp³-hybridized carbons (Fsp3) is 0.195. The van der Waals surface area contributed by atoms with Gasteiger partial charge in [0.15, 0.2) is 0 Å². The Morgan fingerprint density at radius 3 is 1.91 bits per heavy atom. The van der Waals surface area contributed by atoms with E-state index in [4.69, 9.17) is 13.8 Å². The average Bonchev–Trinajstić information content (AvgIpc) is 3.54. The minimum atomic E-state index is -4.47. The van der Waals surface area contributed by atoms with Crippen LogP contribution in [0.5, 0.6) is 0 Å². The zero-order valence-electron chi connectivity index (χ0n) is 31.7. The van der Waals surface area contributed by atoms with E-state index in [1.54, 1.807) is 30.1 Å². The van der Waals surface area contributed by atoms with Crippen LogP contribution < -0.4 is 15.5 Å². The molecular formula is C41H41N5O10S2. The van der Waals surface area contributed by atoms with Crippen molar-refractivity contribution in [3.8, 4) is 0 Å². The van der Waals surface area contributed by atoms with E-state index < -0.39 is 36.0 Å².